The number of hydrogen-bond acceptors (Lipinski definition) is 13. The Kier molecular flexibility index (Phi) is 9.95. The molecule has 8 aliphatic rings. The summed E-state index contributed by atoms with van der Waals surface area (Å²) in [5.74, 6) is 0.401. The van der Waals surface area contributed by atoms with Crippen molar-refractivity contribution in [1.29, 1.82) is 0 Å². The molecule has 13 heteroatoms. The van der Waals surface area contributed by atoms with Gasteiger partial charge in [-0.2, -0.15) is 0 Å². The molecule has 0 aromatic rings. The summed E-state index contributed by atoms with van der Waals surface area (Å²) >= 11 is 0. The van der Waals surface area contributed by atoms with Crippen molar-refractivity contribution in [2.45, 2.75) is 179 Å². The van der Waals surface area contributed by atoms with Crippen molar-refractivity contribution >= 4 is 0 Å². The molecule has 8 rings (SSSR count). The summed E-state index contributed by atoms with van der Waals surface area (Å²) in [6.45, 7) is 15.2. The highest BCUT2D eigenvalue weighted by Gasteiger charge is 2.79. The van der Waals surface area contributed by atoms with Gasteiger partial charge in [0.2, 0.25) is 0 Å². The molecule has 7 fully saturated rings. The molecule has 0 radical (unpaired) electrons. The van der Waals surface area contributed by atoms with Gasteiger partial charge in [0.25, 0.3) is 0 Å². The first kappa shape index (κ1) is 41.0. The summed E-state index contributed by atoms with van der Waals surface area (Å²) in [5, 5.41) is 87.5. The van der Waals surface area contributed by atoms with Gasteiger partial charge in [0, 0.05) is 22.2 Å². The second-order valence-corrected chi connectivity index (χ2v) is 21.0. The van der Waals surface area contributed by atoms with E-state index in [2.05, 4.69) is 46.8 Å². The van der Waals surface area contributed by atoms with Gasteiger partial charge in [-0.1, -0.05) is 53.7 Å². The lowest BCUT2D eigenvalue weighted by atomic mass is 9.32. The fourth-order valence-electron chi connectivity index (χ4n) is 14.3. The number of hydrogen-bond donors (Lipinski definition) is 8. The Labute approximate surface area is 325 Å². The van der Waals surface area contributed by atoms with Gasteiger partial charge in [0.15, 0.2) is 12.6 Å². The maximum Gasteiger partial charge on any atom is 0.187 e. The minimum absolute atomic E-state index is 0.0158. The zero-order valence-corrected chi connectivity index (χ0v) is 33.7. The molecule has 5 aliphatic carbocycles. The molecule has 0 amide bonds. The van der Waals surface area contributed by atoms with Crippen molar-refractivity contribution < 1.29 is 64.5 Å². The summed E-state index contributed by atoms with van der Waals surface area (Å²) in [4.78, 5) is 0. The van der Waals surface area contributed by atoms with Crippen LogP contribution < -0.4 is 0 Å². The summed E-state index contributed by atoms with van der Waals surface area (Å²) in [7, 11) is 0. The van der Waals surface area contributed by atoms with E-state index in [1.165, 1.54) is 6.92 Å². The monoisotopic (exact) mass is 780 g/mol. The van der Waals surface area contributed by atoms with Gasteiger partial charge in [-0.3, -0.25) is 0 Å². The first-order chi connectivity index (χ1) is 25.7. The van der Waals surface area contributed by atoms with Gasteiger partial charge < -0.3 is 64.5 Å². The van der Waals surface area contributed by atoms with Crippen LogP contribution in [0.15, 0.2) is 12.2 Å². The van der Waals surface area contributed by atoms with Crippen LogP contribution in [0.3, 0.4) is 0 Å². The number of ether oxygens (including phenoxy) is 5. The summed E-state index contributed by atoms with van der Waals surface area (Å²) < 4.78 is 31.2. The lowest BCUT2D eigenvalue weighted by Crippen LogP contribution is -2.72. The number of fused-ring (bicyclic) bond motifs is 4. The fourth-order valence-corrected chi connectivity index (χ4v) is 14.3. The minimum atomic E-state index is -1.67. The van der Waals surface area contributed by atoms with Crippen LogP contribution in [0.2, 0.25) is 0 Å². The zero-order valence-electron chi connectivity index (χ0n) is 33.7. The van der Waals surface area contributed by atoms with Gasteiger partial charge >= 0.3 is 0 Å². The molecule has 5 unspecified atom stereocenters. The van der Waals surface area contributed by atoms with Crippen molar-refractivity contribution in [3.63, 3.8) is 0 Å². The summed E-state index contributed by atoms with van der Waals surface area (Å²) in [6.07, 6.45) is -3.55. The van der Waals surface area contributed by atoms with Crippen LogP contribution in [-0.4, -0.2) is 140 Å². The molecule has 3 heterocycles. The van der Waals surface area contributed by atoms with E-state index in [4.69, 9.17) is 23.7 Å². The Bertz CT molecular complexity index is 1490. The molecule has 3 saturated heterocycles. The van der Waals surface area contributed by atoms with Gasteiger partial charge in [-0.25, -0.2) is 0 Å². The molecule has 4 saturated carbocycles. The zero-order chi connectivity index (χ0) is 39.9. The van der Waals surface area contributed by atoms with Gasteiger partial charge in [0.1, 0.15) is 42.7 Å². The fraction of sp³-hybridized carbons (Fsp3) is 0.952. The van der Waals surface area contributed by atoms with E-state index in [-0.39, 0.29) is 51.4 Å². The van der Waals surface area contributed by atoms with Crippen LogP contribution >= 0.6 is 0 Å². The van der Waals surface area contributed by atoms with Crippen LogP contribution in [0, 0.1) is 50.2 Å². The van der Waals surface area contributed by atoms with Crippen LogP contribution in [0.4, 0.5) is 0 Å². The SMILES string of the molecule is C[C@H]1O[C@@H](O[C@@H]2[C@@H](O)[C@H](OC3CC[C@@]4(C)C(CC[C@]5(C)C4C=CC46OC[C@@]7(CCC(C)(C)C[C@H]47)[C@H](O)C[C@]65C)C3(C)CO)O[C@H](CO)[C@H]2O)[C@H](O)[C@@H](O)[C@@H]1O. The Morgan fingerprint density at radius 2 is 1.44 bits per heavy atom. The molecule has 314 valence electrons. The van der Waals surface area contributed by atoms with E-state index >= 15 is 0 Å². The first-order valence-corrected chi connectivity index (χ1v) is 20.9. The van der Waals surface area contributed by atoms with E-state index in [0.717, 1.165) is 38.5 Å². The molecule has 8 N–H and O–H groups in total. The highest BCUT2D eigenvalue weighted by Crippen LogP contribution is 2.79. The third-order valence-corrected chi connectivity index (χ3v) is 17.9. The van der Waals surface area contributed by atoms with Crippen molar-refractivity contribution in [3.8, 4) is 0 Å². The standard InChI is InChI=1S/C42H68O13/c1-21-28(46)30(48)31(49)34(52-21)55-33-29(47)22(18-43)53-35(32(33)50)54-27-10-11-37(4)23(38(27,5)19-44)8-12-39(6)24(37)9-13-42-25-16-36(2,3)14-15-41(25,20-51-42)26(45)17-40(39,42)7/h9,13,21-35,43-50H,8,10-12,14-20H2,1-7H3/t21-,22-,23?,24?,25+,26-,27?,28-,29-,30+,31-,32-,33+,34+,35+,37+,38?,39-,40+,41-,42?/m1/s1. The van der Waals surface area contributed by atoms with Crippen LogP contribution in [-0.2, 0) is 23.7 Å². The quantitative estimate of drug-likeness (QED) is 0.143. The topological polar surface area (TPSA) is 208 Å². The number of rotatable bonds is 6. The van der Waals surface area contributed by atoms with E-state index in [0.29, 0.717) is 19.4 Å². The van der Waals surface area contributed by atoms with Crippen LogP contribution in [0.5, 0.6) is 0 Å². The largest absolute Gasteiger partial charge is 0.396 e. The van der Waals surface area contributed by atoms with Crippen molar-refractivity contribution in [1.82, 2.24) is 0 Å². The van der Waals surface area contributed by atoms with Crippen molar-refractivity contribution in [2.75, 3.05) is 19.8 Å². The third kappa shape index (κ3) is 5.44. The van der Waals surface area contributed by atoms with Crippen LogP contribution in [0.1, 0.15) is 99.8 Å². The third-order valence-electron chi connectivity index (χ3n) is 17.9. The van der Waals surface area contributed by atoms with E-state index in [1.54, 1.807) is 0 Å². The Morgan fingerprint density at radius 3 is 2.13 bits per heavy atom. The normalized spacial score (nSPS) is 59.7. The Balaban J connectivity index is 1.06. The molecule has 2 bridgehead atoms. The summed E-state index contributed by atoms with van der Waals surface area (Å²) in [5.41, 5.74) is -2.00. The molecule has 0 aromatic carbocycles. The van der Waals surface area contributed by atoms with E-state index in [9.17, 15) is 40.9 Å². The first-order valence-electron chi connectivity index (χ1n) is 20.9. The average molecular weight is 781 g/mol. The van der Waals surface area contributed by atoms with Gasteiger partial charge in [0.05, 0.1) is 43.7 Å². The van der Waals surface area contributed by atoms with Gasteiger partial charge in [-0.05, 0) is 86.4 Å². The number of aliphatic hydroxyl groups is 8. The van der Waals surface area contributed by atoms with E-state index in [1.807, 2.05) is 6.92 Å². The Morgan fingerprint density at radius 1 is 0.727 bits per heavy atom. The predicted molar refractivity (Wildman–Crippen MR) is 197 cm³/mol. The Hall–Kier alpha value is -0.780. The van der Waals surface area contributed by atoms with Gasteiger partial charge in [-0.15, -0.1) is 0 Å². The maximum absolute atomic E-state index is 12.1. The van der Waals surface area contributed by atoms with Crippen LogP contribution in [0.25, 0.3) is 0 Å². The highest BCUT2D eigenvalue weighted by atomic mass is 16.7. The van der Waals surface area contributed by atoms with Crippen molar-refractivity contribution in [3.05, 3.63) is 12.2 Å². The second-order valence-electron chi connectivity index (χ2n) is 21.0. The molecule has 55 heavy (non-hydrogen) atoms. The molecular formula is C42H68O13. The smallest absolute Gasteiger partial charge is 0.187 e. The number of aliphatic hydroxyl groups excluding tert-OH is 8. The molecule has 13 nitrogen and oxygen atoms in total. The predicted octanol–water partition coefficient (Wildman–Crippen LogP) is 1.78. The maximum atomic E-state index is 12.1. The second kappa shape index (κ2) is 13.4. The lowest BCUT2D eigenvalue weighted by Gasteiger charge is -2.73. The minimum Gasteiger partial charge on any atom is -0.396 e. The van der Waals surface area contributed by atoms with Crippen molar-refractivity contribution in [2.24, 2.45) is 50.2 Å². The molecule has 21 atom stereocenters. The summed E-state index contributed by atoms with van der Waals surface area (Å²) in [6, 6.07) is 0. The average Bonchev–Trinajstić information content (AvgIpc) is 3.41. The molecule has 0 aromatic heterocycles. The van der Waals surface area contributed by atoms with E-state index < -0.39 is 91.2 Å². The highest BCUT2D eigenvalue weighted by molar-refractivity contribution is 5.36. The number of allylic oxidation sites excluding steroid dienone is 1. The molecular weight excluding hydrogens is 712 g/mol. The molecule has 3 aliphatic heterocycles. The lowest BCUT2D eigenvalue weighted by molar-refractivity contribution is -0.368. The molecule has 1 spiro atoms.